The summed E-state index contributed by atoms with van der Waals surface area (Å²) >= 11 is 0. The van der Waals surface area contributed by atoms with Crippen LogP contribution in [0.4, 0.5) is 0 Å². The summed E-state index contributed by atoms with van der Waals surface area (Å²) in [7, 11) is 0. The Kier molecular flexibility index (Phi) is 3.91. The van der Waals surface area contributed by atoms with Crippen LogP contribution in [-0.2, 0) is 17.6 Å². The Labute approximate surface area is 143 Å². The van der Waals surface area contributed by atoms with Crippen LogP contribution in [0.15, 0.2) is 24.4 Å². The number of nitrogens with zero attached hydrogens (tertiary/aromatic N) is 2. The van der Waals surface area contributed by atoms with Crippen molar-refractivity contribution in [2.75, 3.05) is 6.54 Å². The van der Waals surface area contributed by atoms with E-state index in [0.29, 0.717) is 5.91 Å². The molecule has 4 nitrogen and oxygen atoms in total. The van der Waals surface area contributed by atoms with E-state index >= 15 is 0 Å². The Morgan fingerprint density at radius 3 is 2.96 bits per heavy atom. The Balaban J connectivity index is 1.54. The average molecular weight is 323 g/mol. The van der Waals surface area contributed by atoms with Crippen molar-refractivity contribution in [2.45, 2.75) is 52.0 Å². The number of benzene rings is 1. The van der Waals surface area contributed by atoms with E-state index in [2.05, 4.69) is 47.1 Å². The van der Waals surface area contributed by atoms with Crippen molar-refractivity contribution in [3.8, 4) is 0 Å². The highest BCUT2D eigenvalue weighted by atomic mass is 16.2. The molecule has 1 aromatic heterocycles. The van der Waals surface area contributed by atoms with E-state index < -0.39 is 0 Å². The van der Waals surface area contributed by atoms with Gasteiger partial charge < -0.3 is 4.90 Å². The molecule has 2 heterocycles. The van der Waals surface area contributed by atoms with Gasteiger partial charge in [0.2, 0.25) is 5.91 Å². The molecule has 2 atom stereocenters. The molecule has 0 radical (unpaired) electrons. The van der Waals surface area contributed by atoms with Crippen molar-refractivity contribution < 1.29 is 4.79 Å². The molecule has 2 unspecified atom stereocenters. The minimum atomic E-state index is 0.113. The van der Waals surface area contributed by atoms with E-state index in [4.69, 9.17) is 0 Å². The zero-order valence-electron chi connectivity index (χ0n) is 14.5. The number of aryl methyl sites for hydroxylation is 3. The zero-order valence-corrected chi connectivity index (χ0v) is 14.5. The SMILES string of the molecule is Cc1ccc(C2CCCN2C(=O)C2CCc3[nH]ncc3C2)cc1C. The van der Waals surface area contributed by atoms with Crippen molar-refractivity contribution in [1.82, 2.24) is 15.1 Å². The van der Waals surface area contributed by atoms with Crippen LogP contribution < -0.4 is 0 Å². The maximum absolute atomic E-state index is 13.2. The molecule has 4 heteroatoms. The van der Waals surface area contributed by atoms with Gasteiger partial charge in [-0.3, -0.25) is 9.89 Å². The summed E-state index contributed by atoms with van der Waals surface area (Å²) in [5.41, 5.74) is 6.36. The minimum absolute atomic E-state index is 0.113. The number of hydrogen-bond acceptors (Lipinski definition) is 2. The molecular weight excluding hydrogens is 298 g/mol. The van der Waals surface area contributed by atoms with Crippen LogP contribution in [0.2, 0.25) is 0 Å². The van der Waals surface area contributed by atoms with Crippen LogP contribution in [0.5, 0.6) is 0 Å². The monoisotopic (exact) mass is 323 g/mol. The number of amides is 1. The van der Waals surface area contributed by atoms with Gasteiger partial charge >= 0.3 is 0 Å². The lowest BCUT2D eigenvalue weighted by Gasteiger charge is -2.31. The van der Waals surface area contributed by atoms with Gasteiger partial charge in [-0.2, -0.15) is 5.10 Å². The highest BCUT2D eigenvalue weighted by Gasteiger charge is 2.35. The Morgan fingerprint density at radius 2 is 2.12 bits per heavy atom. The van der Waals surface area contributed by atoms with Gasteiger partial charge in [0.05, 0.1) is 12.2 Å². The molecule has 2 aromatic rings. The smallest absolute Gasteiger partial charge is 0.226 e. The summed E-state index contributed by atoms with van der Waals surface area (Å²) in [5.74, 6) is 0.449. The number of aromatic amines is 1. The van der Waals surface area contributed by atoms with Gasteiger partial charge in [0.15, 0.2) is 0 Å². The van der Waals surface area contributed by atoms with Gasteiger partial charge in [0.25, 0.3) is 0 Å². The third-order valence-corrected chi connectivity index (χ3v) is 5.82. The average Bonchev–Trinajstić information content (AvgIpc) is 3.24. The second kappa shape index (κ2) is 6.08. The third-order valence-electron chi connectivity index (χ3n) is 5.82. The quantitative estimate of drug-likeness (QED) is 0.919. The molecule has 0 spiro atoms. The lowest BCUT2D eigenvalue weighted by molar-refractivity contribution is -0.136. The lowest BCUT2D eigenvalue weighted by atomic mass is 9.86. The highest BCUT2D eigenvalue weighted by Crippen LogP contribution is 2.36. The van der Waals surface area contributed by atoms with Crippen LogP contribution in [0, 0.1) is 19.8 Å². The zero-order chi connectivity index (χ0) is 16.7. The number of fused-ring (bicyclic) bond motifs is 1. The molecule has 1 saturated heterocycles. The number of H-pyrrole nitrogens is 1. The molecule has 1 amide bonds. The van der Waals surface area contributed by atoms with E-state index in [9.17, 15) is 4.79 Å². The van der Waals surface area contributed by atoms with Gasteiger partial charge in [0, 0.05) is 18.2 Å². The molecule has 4 rings (SSSR count). The van der Waals surface area contributed by atoms with E-state index in [1.807, 2.05) is 6.20 Å². The molecule has 1 aliphatic heterocycles. The number of rotatable bonds is 2. The van der Waals surface area contributed by atoms with E-state index in [1.54, 1.807) is 0 Å². The van der Waals surface area contributed by atoms with Crippen LogP contribution in [0.25, 0.3) is 0 Å². The molecule has 0 bridgehead atoms. The Morgan fingerprint density at radius 1 is 1.25 bits per heavy atom. The van der Waals surface area contributed by atoms with Crippen molar-refractivity contribution in [3.63, 3.8) is 0 Å². The molecule has 24 heavy (non-hydrogen) atoms. The molecule has 1 N–H and O–H groups in total. The Bertz CT molecular complexity index is 764. The second-order valence-electron chi connectivity index (χ2n) is 7.35. The molecule has 2 aliphatic rings. The predicted molar refractivity (Wildman–Crippen MR) is 93.7 cm³/mol. The number of hydrogen-bond donors (Lipinski definition) is 1. The van der Waals surface area contributed by atoms with Gasteiger partial charge in [0.1, 0.15) is 0 Å². The summed E-state index contributed by atoms with van der Waals surface area (Å²) in [5, 5.41) is 7.18. The fraction of sp³-hybridized carbons (Fsp3) is 0.500. The van der Waals surface area contributed by atoms with E-state index in [-0.39, 0.29) is 12.0 Å². The summed E-state index contributed by atoms with van der Waals surface area (Å²) in [6.45, 7) is 5.19. The van der Waals surface area contributed by atoms with Crippen molar-refractivity contribution in [1.29, 1.82) is 0 Å². The van der Waals surface area contributed by atoms with E-state index in [1.165, 1.54) is 27.9 Å². The van der Waals surface area contributed by atoms with Gasteiger partial charge in [-0.25, -0.2) is 0 Å². The lowest BCUT2D eigenvalue weighted by Crippen LogP contribution is -2.38. The normalized spacial score (nSPS) is 23.3. The van der Waals surface area contributed by atoms with Crippen molar-refractivity contribution in [3.05, 3.63) is 52.3 Å². The summed E-state index contributed by atoms with van der Waals surface area (Å²) < 4.78 is 0. The fourth-order valence-corrected chi connectivity index (χ4v) is 4.21. The first kappa shape index (κ1) is 15.4. The number of likely N-dealkylation sites (tertiary alicyclic amines) is 1. The molecule has 0 saturated carbocycles. The maximum atomic E-state index is 13.2. The molecule has 1 aliphatic carbocycles. The standard InChI is InChI=1S/C20H25N3O/c1-13-5-6-15(10-14(13)2)19-4-3-9-23(19)20(24)16-7-8-18-17(11-16)12-21-22-18/h5-6,10,12,16,19H,3-4,7-9,11H2,1-2H3,(H,21,22). The summed E-state index contributed by atoms with van der Waals surface area (Å²) in [4.78, 5) is 15.3. The van der Waals surface area contributed by atoms with Crippen LogP contribution >= 0.6 is 0 Å². The van der Waals surface area contributed by atoms with Crippen LogP contribution in [0.1, 0.15) is 53.3 Å². The van der Waals surface area contributed by atoms with Gasteiger partial charge in [-0.15, -0.1) is 0 Å². The van der Waals surface area contributed by atoms with Gasteiger partial charge in [-0.1, -0.05) is 18.2 Å². The minimum Gasteiger partial charge on any atom is -0.335 e. The summed E-state index contributed by atoms with van der Waals surface area (Å²) in [6, 6.07) is 6.90. The molecule has 1 aromatic carbocycles. The number of carbonyl (C=O) groups is 1. The maximum Gasteiger partial charge on any atom is 0.226 e. The second-order valence-corrected chi connectivity index (χ2v) is 7.35. The van der Waals surface area contributed by atoms with Gasteiger partial charge in [-0.05, 0) is 68.2 Å². The van der Waals surface area contributed by atoms with Crippen LogP contribution in [-0.4, -0.2) is 27.5 Å². The molecule has 126 valence electrons. The molecular formula is C20H25N3O. The fourth-order valence-electron chi connectivity index (χ4n) is 4.21. The largest absolute Gasteiger partial charge is 0.335 e. The number of aromatic nitrogens is 2. The number of carbonyl (C=O) groups excluding carboxylic acids is 1. The molecule has 1 fully saturated rings. The topological polar surface area (TPSA) is 49.0 Å². The third kappa shape index (κ3) is 2.64. The predicted octanol–water partition coefficient (Wildman–Crippen LogP) is 3.50. The van der Waals surface area contributed by atoms with E-state index in [0.717, 1.165) is 38.6 Å². The first-order chi connectivity index (χ1) is 11.6. The van der Waals surface area contributed by atoms with Crippen LogP contribution in [0.3, 0.4) is 0 Å². The highest BCUT2D eigenvalue weighted by molar-refractivity contribution is 5.80. The van der Waals surface area contributed by atoms with Crippen molar-refractivity contribution >= 4 is 5.91 Å². The Hall–Kier alpha value is -2.10. The first-order valence-electron chi connectivity index (χ1n) is 9.02. The number of nitrogens with one attached hydrogen (secondary N) is 1. The van der Waals surface area contributed by atoms with Crippen molar-refractivity contribution in [2.24, 2.45) is 5.92 Å². The first-order valence-corrected chi connectivity index (χ1v) is 9.02. The summed E-state index contributed by atoms with van der Waals surface area (Å²) in [6.07, 6.45) is 6.78.